The molecule has 0 rings (SSSR count). The van der Waals surface area contributed by atoms with Gasteiger partial charge in [0.05, 0.1) is 0 Å². The van der Waals surface area contributed by atoms with E-state index >= 15 is 0 Å². The highest BCUT2D eigenvalue weighted by atomic mass is 16.3. The molecule has 0 aromatic carbocycles. The third-order valence-electron chi connectivity index (χ3n) is 0.531. The maximum Gasteiger partial charge on any atom is 0.124 e. The van der Waals surface area contributed by atoms with Gasteiger partial charge in [0.2, 0.25) is 0 Å². The third kappa shape index (κ3) is 3.09. The van der Waals surface area contributed by atoms with Gasteiger partial charge in [0.25, 0.3) is 0 Å². The fraction of sp³-hybridized carbons (Fsp3) is 0.750. The Morgan fingerprint density at radius 3 is 2.43 bits per heavy atom. The van der Waals surface area contributed by atoms with Crippen LogP contribution in [0, 0.1) is 4.91 Å². The van der Waals surface area contributed by atoms with E-state index in [1.54, 1.807) is 14.0 Å². The van der Waals surface area contributed by atoms with E-state index in [0.717, 1.165) is 0 Å². The van der Waals surface area contributed by atoms with Crippen LogP contribution >= 0.6 is 0 Å². The van der Waals surface area contributed by atoms with Crippen molar-refractivity contribution in [3.8, 4) is 0 Å². The Labute approximate surface area is 42.4 Å². The van der Waals surface area contributed by atoms with E-state index in [1.165, 1.54) is 6.21 Å². The molecule has 0 aliphatic heterocycles. The number of rotatable bonds is 2. The molecular weight excluding hydrogens is 92.1 g/mol. The molecule has 0 amide bonds. The molecule has 0 saturated carbocycles. The molecule has 0 spiro atoms. The number of aliphatic imine (C=N–C) groups is 1. The van der Waals surface area contributed by atoms with Crippen molar-refractivity contribution in [3.05, 3.63) is 4.91 Å². The summed E-state index contributed by atoms with van der Waals surface area (Å²) in [6, 6.07) is -0.273. The van der Waals surface area contributed by atoms with Crippen LogP contribution in [0.1, 0.15) is 6.92 Å². The normalized spacial score (nSPS) is 14.6. The minimum atomic E-state index is -0.273. The standard InChI is InChI=1S/C4H8N2O/c1-4(6-7)3-5-2/h3-4H,1-2H3. The maximum atomic E-state index is 9.55. The van der Waals surface area contributed by atoms with E-state index in [4.69, 9.17) is 0 Å². The Balaban J connectivity index is 3.35. The van der Waals surface area contributed by atoms with Crippen LogP contribution < -0.4 is 0 Å². The molecule has 1 unspecified atom stereocenters. The van der Waals surface area contributed by atoms with Crippen molar-refractivity contribution in [1.29, 1.82) is 0 Å². The van der Waals surface area contributed by atoms with Gasteiger partial charge in [0.1, 0.15) is 6.04 Å². The zero-order chi connectivity index (χ0) is 5.70. The highest BCUT2D eigenvalue weighted by molar-refractivity contribution is 5.63. The molecule has 1 atom stereocenters. The lowest BCUT2D eigenvalue weighted by molar-refractivity contribution is 0.980. The van der Waals surface area contributed by atoms with Gasteiger partial charge in [-0.3, -0.25) is 4.99 Å². The molecule has 0 aromatic rings. The topological polar surface area (TPSA) is 41.8 Å². The van der Waals surface area contributed by atoms with Crippen molar-refractivity contribution in [2.45, 2.75) is 13.0 Å². The molecule has 0 aromatic heterocycles. The molecule has 0 bridgehead atoms. The van der Waals surface area contributed by atoms with Gasteiger partial charge in [-0.1, -0.05) is 5.18 Å². The second-order valence-corrected chi connectivity index (χ2v) is 1.25. The van der Waals surface area contributed by atoms with Gasteiger partial charge in [-0.05, 0) is 6.92 Å². The Hall–Kier alpha value is -0.730. The first-order valence-electron chi connectivity index (χ1n) is 2.06. The first-order chi connectivity index (χ1) is 3.31. The molecule has 0 aliphatic rings. The lowest BCUT2D eigenvalue weighted by Gasteiger charge is -1.84. The predicted molar refractivity (Wildman–Crippen MR) is 29.7 cm³/mol. The minimum Gasteiger partial charge on any atom is -0.298 e. The van der Waals surface area contributed by atoms with Gasteiger partial charge in [0.15, 0.2) is 0 Å². The van der Waals surface area contributed by atoms with E-state index in [9.17, 15) is 4.91 Å². The van der Waals surface area contributed by atoms with Crippen molar-refractivity contribution in [1.82, 2.24) is 0 Å². The lowest BCUT2D eigenvalue weighted by Crippen LogP contribution is -1.95. The Kier molecular flexibility index (Phi) is 3.10. The molecule has 0 N–H and O–H groups in total. The number of hydrogen-bond acceptors (Lipinski definition) is 3. The summed E-state index contributed by atoms with van der Waals surface area (Å²) in [6.07, 6.45) is 1.49. The first kappa shape index (κ1) is 6.27. The second-order valence-electron chi connectivity index (χ2n) is 1.25. The monoisotopic (exact) mass is 100 g/mol. The molecule has 0 aliphatic carbocycles. The van der Waals surface area contributed by atoms with Gasteiger partial charge in [0, 0.05) is 13.3 Å². The van der Waals surface area contributed by atoms with Crippen LogP contribution in [0.15, 0.2) is 10.2 Å². The molecule has 0 fully saturated rings. The van der Waals surface area contributed by atoms with Crippen molar-refractivity contribution in [2.24, 2.45) is 10.2 Å². The highest BCUT2D eigenvalue weighted by Gasteiger charge is 1.88. The number of nitrogens with zero attached hydrogens (tertiary/aromatic N) is 2. The van der Waals surface area contributed by atoms with Gasteiger partial charge in [-0.25, -0.2) is 0 Å². The first-order valence-corrected chi connectivity index (χ1v) is 2.06. The van der Waals surface area contributed by atoms with Crippen LogP contribution in [0.3, 0.4) is 0 Å². The second kappa shape index (κ2) is 3.46. The van der Waals surface area contributed by atoms with Crippen molar-refractivity contribution < 1.29 is 0 Å². The van der Waals surface area contributed by atoms with Gasteiger partial charge >= 0.3 is 0 Å². The summed E-state index contributed by atoms with van der Waals surface area (Å²) in [5, 5.41) is 2.68. The zero-order valence-corrected chi connectivity index (χ0v) is 4.46. The smallest absolute Gasteiger partial charge is 0.124 e. The van der Waals surface area contributed by atoms with E-state index in [-0.39, 0.29) is 6.04 Å². The van der Waals surface area contributed by atoms with Crippen molar-refractivity contribution in [2.75, 3.05) is 7.05 Å². The Morgan fingerprint density at radius 1 is 1.71 bits per heavy atom. The van der Waals surface area contributed by atoms with Crippen LogP contribution in [-0.2, 0) is 0 Å². The lowest BCUT2D eigenvalue weighted by atomic mass is 10.4. The molecule has 0 heterocycles. The summed E-state index contributed by atoms with van der Waals surface area (Å²) in [4.78, 5) is 13.1. The number of nitroso groups, excluding NO2 is 1. The van der Waals surface area contributed by atoms with Gasteiger partial charge in [-0.2, -0.15) is 4.91 Å². The van der Waals surface area contributed by atoms with Crippen LogP contribution in [0.25, 0.3) is 0 Å². The molecule has 7 heavy (non-hydrogen) atoms. The van der Waals surface area contributed by atoms with Gasteiger partial charge in [-0.15, -0.1) is 0 Å². The fourth-order valence-electron chi connectivity index (χ4n) is 0.243. The molecule has 0 saturated heterocycles. The molecular formula is C4H8N2O. The Morgan fingerprint density at radius 2 is 2.29 bits per heavy atom. The highest BCUT2D eigenvalue weighted by Crippen LogP contribution is 1.79. The fourth-order valence-corrected chi connectivity index (χ4v) is 0.243. The summed E-state index contributed by atoms with van der Waals surface area (Å²) in [7, 11) is 1.61. The predicted octanol–water partition coefficient (Wildman–Crippen LogP) is 0.842. The van der Waals surface area contributed by atoms with Crippen molar-refractivity contribution >= 4 is 6.21 Å². The largest absolute Gasteiger partial charge is 0.298 e. The molecule has 40 valence electrons. The van der Waals surface area contributed by atoms with E-state index < -0.39 is 0 Å². The minimum absolute atomic E-state index is 0.273. The third-order valence-corrected chi connectivity index (χ3v) is 0.531. The van der Waals surface area contributed by atoms with Crippen LogP contribution in [-0.4, -0.2) is 19.3 Å². The summed E-state index contributed by atoms with van der Waals surface area (Å²) in [5.74, 6) is 0. The maximum absolute atomic E-state index is 9.55. The average molecular weight is 100 g/mol. The van der Waals surface area contributed by atoms with Crippen LogP contribution in [0.4, 0.5) is 0 Å². The SMILES string of the molecule is CN=CC(C)N=O. The van der Waals surface area contributed by atoms with Crippen LogP contribution in [0.5, 0.6) is 0 Å². The number of hydrogen-bond donors (Lipinski definition) is 0. The molecule has 3 nitrogen and oxygen atoms in total. The van der Waals surface area contributed by atoms with Crippen molar-refractivity contribution in [3.63, 3.8) is 0 Å². The summed E-state index contributed by atoms with van der Waals surface area (Å²) in [5.41, 5.74) is 0. The molecule has 0 radical (unpaired) electrons. The summed E-state index contributed by atoms with van der Waals surface area (Å²) >= 11 is 0. The van der Waals surface area contributed by atoms with Gasteiger partial charge < -0.3 is 0 Å². The van der Waals surface area contributed by atoms with Crippen LogP contribution in [0.2, 0.25) is 0 Å². The summed E-state index contributed by atoms with van der Waals surface area (Å²) in [6.45, 7) is 1.68. The summed E-state index contributed by atoms with van der Waals surface area (Å²) < 4.78 is 0. The van der Waals surface area contributed by atoms with E-state index in [0.29, 0.717) is 0 Å². The van der Waals surface area contributed by atoms with E-state index in [1.807, 2.05) is 0 Å². The quantitative estimate of drug-likeness (QED) is 0.374. The van der Waals surface area contributed by atoms with E-state index in [2.05, 4.69) is 10.2 Å². The Bertz CT molecular complexity index is 79.8. The average Bonchev–Trinajstić information content (AvgIpc) is 1.68. The molecule has 3 heteroatoms. The zero-order valence-electron chi connectivity index (χ0n) is 4.46.